The normalized spacial score (nSPS) is 16.4. The van der Waals surface area contributed by atoms with E-state index in [0.717, 1.165) is 24.0 Å². The van der Waals surface area contributed by atoms with E-state index in [1.807, 2.05) is 59.5 Å². The maximum atomic E-state index is 14.1. The van der Waals surface area contributed by atoms with Gasteiger partial charge in [-0.1, -0.05) is 97.9 Å². The van der Waals surface area contributed by atoms with Gasteiger partial charge in [0.15, 0.2) is 0 Å². The topological polar surface area (TPSA) is 53.1 Å². The van der Waals surface area contributed by atoms with Gasteiger partial charge in [0.1, 0.15) is 6.61 Å². The Hall–Kier alpha value is -3.64. The Morgan fingerprint density at radius 3 is 1.95 bits per heavy atom. The van der Waals surface area contributed by atoms with E-state index in [2.05, 4.69) is 62.3 Å². The van der Waals surface area contributed by atoms with E-state index in [-0.39, 0.29) is 36.4 Å². The molecular weight excluding hydrogens is 486 g/mol. The molecule has 6 heteroatoms. The molecule has 1 aliphatic heterocycles. The Balaban J connectivity index is 1.48. The third-order valence-corrected chi connectivity index (χ3v) is 8.30. The lowest BCUT2D eigenvalue weighted by Crippen LogP contribution is -2.54. The van der Waals surface area contributed by atoms with Crippen LogP contribution < -0.4 is 0 Å². The molecule has 0 saturated carbocycles. The molecule has 0 unspecified atom stereocenters. The Kier molecular flexibility index (Phi) is 9.41. The van der Waals surface area contributed by atoms with Gasteiger partial charge in [-0.3, -0.25) is 9.69 Å². The molecule has 0 bridgehead atoms. The summed E-state index contributed by atoms with van der Waals surface area (Å²) in [6.45, 7) is 3.92. The summed E-state index contributed by atoms with van der Waals surface area (Å²) in [5, 5.41) is 0. The Labute approximate surface area is 233 Å². The standard InChI is InChI=1S/C33H41N3O3/c1-26(28-16-10-6-11-17-28)30(24-35(4)32(38)39-25-27-14-8-5-9-15-27)31(37)36-22-20-33(21-23-36,34(2)3)29-18-12-7-13-19-29/h5-19,26,30H,20-25H2,1-4H3/t26-,30+/m0/s1. The van der Waals surface area contributed by atoms with Crippen molar-refractivity contribution in [2.75, 3.05) is 40.8 Å². The zero-order valence-corrected chi connectivity index (χ0v) is 23.6. The number of benzene rings is 3. The van der Waals surface area contributed by atoms with Crippen LogP contribution in [0, 0.1) is 5.92 Å². The molecule has 206 valence electrons. The van der Waals surface area contributed by atoms with E-state index in [0.29, 0.717) is 13.1 Å². The molecule has 6 nitrogen and oxygen atoms in total. The van der Waals surface area contributed by atoms with Gasteiger partial charge in [0.2, 0.25) is 5.91 Å². The minimum absolute atomic E-state index is 0.0577. The van der Waals surface area contributed by atoms with Crippen molar-refractivity contribution in [2.24, 2.45) is 5.92 Å². The Morgan fingerprint density at radius 2 is 1.38 bits per heavy atom. The van der Waals surface area contributed by atoms with E-state index in [4.69, 9.17) is 4.74 Å². The number of ether oxygens (including phenoxy) is 1. The fraction of sp³-hybridized carbons (Fsp3) is 0.394. The molecule has 4 rings (SSSR count). The van der Waals surface area contributed by atoms with E-state index >= 15 is 0 Å². The van der Waals surface area contributed by atoms with Crippen molar-refractivity contribution in [3.8, 4) is 0 Å². The van der Waals surface area contributed by atoms with E-state index in [9.17, 15) is 9.59 Å². The van der Waals surface area contributed by atoms with Crippen molar-refractivity contribution < 1.29 is 14.3 Å². The molecule has 1 heterocycles. The molecule has 0 aromatic heterocycles. The van der Waals surface area contributed by atoms with Gasteiger partial charge in [0.25, 0.3) is 0 Å². The van der Waals surface area contributed by atoms with Crippen LogP contribution in [0.3, 0.4) is 0 Å². The van der Waals surface area contributed by atoms with Gasteiger partial charge in [-0.2, -0.15) is 0 Å². The van der Waals surface area contributed by atoms with Crippen molar-refractivity contribution in [3.63, 3.8) is 0 Å². The summed E-state index contributed by atoms with van der Waals surface area (Å²) in [7, 11) is 5.97. The predicted molar refractivity (Wildman–Crippen MR) is 155 cm³/mol. The number of hydrogen-bond donors (Lipinski definition) is 0. The van der Waals surface area contributed by atoms with Crippen LogP contribution in [0.4, 0.5) is 4.79 Å². The largest absolute Gasteiger partial charge is 0.445 e. The van der Waals surface area contributed by atoms with Crippen LogP contribution >= 0.6 is 0 Å². The number of rotatable bonds is 9. The third kappa shape index (κ3) is 6.69. The van der Waals surface area contributed by atoms with Crippen molar-refractivity contribution in [1.82, 2.24) is 14.7 Å². The second-order valence-corrected chi connectivity index (χ2v) is 10.8. The van der Waals surface area contributed by atoms with Gasteiger partial charge in [0, 0.05) is 32.2 Å². The lowest BCUT2D eigenvalue weighted by Gasteiger charge is -2.47. The number of nitrogens with zero attached hydrogens (tertiary/aromatic N) is 3. The average molecular weight is 528 g/mol. The summed E-state index contributed by atoms with van der Waals surface area (Å²) in [5.41, 5.74) is 3.21. The maximum Gasteiger partial charge on any atom is 0.409 e. The van der Waals surface area contributed by atoms with Gasteiger partial charge in [0.05, 0.1) is 5.92 Å². The van der Waals surface area contributed by atoms with Crippen LogP contribution in [0.5, 0.6) is 0 Å². The second-order valence-electron chi connectivity index (χ2n) is 10.8. The number of piperidine rings is 1. The van der Waals surface area contributed by atoms with Crippen molar-refractivity contribution in [3.05, 3.63) is 108 Å². The molecule has 2 atom stereocenters. The van der Waals surface area contributed by atoms with Gasteiger partial charge >= 0.3 is 6.09 Å². The highest BCUT2D eigenvalue weighted by Gasteiger charge is 2.41. The summed E-state index contributed by atoms with van der Waals surface area (Å²) in [6, 6.07) is 30.3. The number of hydrogen-bond acceptors (Lipinski definition) is 4. The summed E-state index contributed by atoms with van der Waals surface area (Å²) in [6.07, 6.45) is 1.29. The first kappa shape index (κ1) is 28.4. The summed E-state index contributed by atoms with van der Waals surface area (Å²) >= 11 is 0. The predicted octanol–water partition coefficient (Wildman–Crippen LogP) is 5.75. The first-order chi connectivity index (χ1) is 18.8. The zero-order chi connectivity index (χ0) is 27.8. The molecule has 1 aliphatic rings. The molecular formula is C33H41N3O3. The molecule has 1 saturated heterocycles. The van der Waals surface area contributed by atoms with Gasteiger partial charge < -0.3 is 14.5 Å². The first-order valence-corrected chi connectivity index (χ1v) is 13.8. The fourth-order valence-corrected chi connectivity index (χ4v) is 5.71. The van der Waals surface area contributed by atoms with Gasteiger partial charge in [-0.15, -0.1) is 0 Å². The molecule has 3 aromatic carbocycles. The smallest absolute Gasteiger partial charge is 0.409 e. The summed E-state index contributed by atoms with van der Waals surface area (Å²) < 4.78 is 5.56. The van der Waals surface area contributed by atoms with Gasteiger partial charge in [-0.05, 0) is 49.5 Å². The summed E-state index contributed by atoms with van der Waals surface area (Å²) in [5.74, 6) is -0.350. The summed E-state index contributed by atoms with van der Waals surface area (Å²) in [4.78, 5) is 32.8. The number of carbonyl (C=O) groups is 2. The maximum absolute atomic E-state index is 14.1. The van der Waals surface area contributed by atoms with Crippen LogP contribution in [0.25, 0.3) is 0 Å². The molecule has 0 N–H and O–H groups in total. The highest BCUT2D eigenvalue weighted by molar-refractivity contribution is 5.81. The lowest BCUT2D eigenvalue weighted by atomic mass is 9.79. The van der Waals surface area contributed by atoms with Crippen molar-refractivity contribution in [2.45, 2.75) is 37.8 Å². The van der Waals surface area contributed by atoms with Crippen molar-refractivity contribution >= 4 is 12.0 Å². The molecule has 2 amide bonds. The Morgan fingerprint density at radius 1 is 0.846 bits per heavy atom. The van der Waals surface area contributed by atoms with E-state index in [1.54, 1.807) is 11.9 Å². The van der Waals surface area contributed by atoms with Crippen LogP contribution in [0.1, 0.15) is 42.4 Å². The molecule has 0 spiro atoms. The Bertz CT molecular complexity index is 1190. The van der Waals surface area contributed by atoms with Crippen LogP contribution in [0.2, 0.25) is 0 Å². The van der Waals surface area contributed by atoms with Crippen LogP contribution in [-0.2, 0) is 21.7 Å². The average Bonchev–Trinajstić information content (AvgIpc) is 2.99. The fourth-order valence-electron chi connectivity index (χ4n) is 5.71. The lowest BCUT2D eigenvalue weighted by molar-refractivity contribution is -0.139. The number of amides is 2. The van der Waals surface area contributed by atoms with Crippen LogP contribution in [-0.4, -0.2) is 67.5 Å². The molecule has 1 fully saturated rings. The van der Waals surface area contributed by atoms with E-state index < -0.39 is 6.09 Å². The highest BCUT2D eigenvalue weighted by atomic mass is 16.6. The zero-order valence-electron chi connectivity index (χ0n) is 23.6. The third-order valence-electron chi connectivity index (χ3n) is 8.30. The number of carbonyl (C=O) groups excluding carboxylic acids is 2. The highest BCUT2D eigenvalue weighted by Crippen LogP contribution is 2.38. The van der Waals surface area contributed by atoms with Crippen molar-refractivity contribution in [1.29, 1.82) is 0 Å². The minimum atomic E-state index is -0.425. The number of likely N-dealkylation sites (tertiary alicyclic amines) is 1. The van der Waals surface area contributed by atoms with E-state index in [1.165, 1.54) is 5.56 Å². The molecule has 39 heavy (non-hydrogen) atoms. The van der Waals surface area contributed by atoms with Gasteiger partial charge in [-0.25, -0.2) is 4.79 Å². The minimum Gasteiger partial charge on any atom is -0.445 e. The quantitative estimate of drug-likeness (QED) is 0.355. The molecule has 0 aliphatic carbocycles. The van der Waals surface area contributed by atoms with Crippen LogP contribution in [0.15, 0.2) is 91.0 Å². The first-order valence-electron chi connectivity index (χ1n) is 13.8. The molecule has 3 aromatic rings. The monoisotopic (exact) mass is 527 g/mol. The SMILES string of the molecule is C[C@@H](c1ccccc1)[C@@H](CN(C)C(=O)OCc1ccccc1)C(=O)N1CCC(c2ccccc2)(N(C)C)CC1. The molecule has 0 radical (unpaired) electrons. The second kappa shape index (κ2) is 12.9.